The van der Waals surface area contributed by atoms with Crippen molar-refractivity contribution in [3.05, 3.63) is 59.9 Å². The van der Waals surface area contributed by atoms with E-state index in [9.17, 15) is 8.78 Å². The van der Waals surface area contributed by atoms with Crippen molar-refractivity contribution < 1.29 is 13.5 Å². The van der Waals surface area contributed by atoms with E-state index in [1.807, 2.05) is 19.1 Å². The third-order valence-electron chi connectivity index (χ3n) is 5.49. The molecule has 170 valence electrons. The number of nitrogens with zero attached hydrogens (tertiary/aromatic N) is 4. The molecule has 1 fully saturated rings. The van der Waals surface area contributed by atoms with Crippen LogP contribution in [-0.2, 0) is 4.74 Å². The minimum atomic E-state index is -0.665. The number of hydrogen-bond donors (Lipinski definition) is 2. The minimum Gasteiger partial charge on any atom is -0.384 e. The van der Waals surface area contributed by atoms with Crippen LogP contribution in [0.1, 0.15) is 18.9 Å². The van der Waals surface area contributed by atoms with Crippen molar-refractivity contribution >= 4 is 17.3 Å². The van der Waals surface area contributed by atoms with Crippen LogP contribution in [0.3, 0.4) is 0 Å². The fourth-order valence-corrected chi connectivity index (χ4v) is 3.91. The number of morpholine rings is 1. The SMILES string of the molecule is CCC1COCCN1CCNc1cc(C)cc(Nc2ncn(-c3cc(F)cc(F)c3)n2)c1. The minimum absolute atomic E-state index is 0.267. The lowest BCUT2D eigenvalue weighted by atomic mass is 10.1. The molecular weight excluding hydrogens is 414 g/mol. The zero-order valence-electron chi connectivity index (χ0n) is 18.3. The first-order valence-corrected chi connectivity index (χ1v) is 10.8. The number of aryl methyl sites for hydroxylation is 1. The number of hydrogen-bond acceptors (Lipinski definition) is 6. The Morgan fingerprint density at radius 3 is 2.66 bits per heavy atom. The molecule has 32 heavy (non-hydrogen) atoms. The van der Waals surface area contributed by atoms with E-state index in [1.54, 1.807) is 0 Å². The van der Waals surface area contributed by atoms with E-state index in [2.05, 4.69) is 38.6 Å². The molecule has 3 aromatic rings. The fourth-order valence-electron chi connectivity index (χ4n) is 3.91. The van der Waals surface area contributed by atoms with Crippen LogP contribution in [0.25, 0.3) is 5.69 Å². The Kier molecular flexibility index (Phi) is 6.96. The Labute approximate surface area is 186 Å². The molecule has 0 radical (unpaired) electrons. The van der Waals surface area contributed by atoms with Gasteiger partial charge >= 0.3 is 0 Å². The highest BCUT2D eigenvalue weighted by Crippen LogP contribution is 2.22. The molecule has 0 saturated carbocycles. The van der Waals surface area contributed by atoms with Crippen LogP contribution in [0.5, 0.6) is 0 Å². The van der Waals surface area contributed by atoms with Gasteiger partial charge in [0, 0.05) is 43.1 Å². The lowest BCUT2D eigenvalue weighted by Gasteiger charge is -2.35. The van der Waals surface area contributed by atoms with E-state index in [0.717, 1.165) is 62.3 Å². The van der Waals surface area contributed by atoms with E-state index >= 15 is 0 Å². The number of benzene rings is 2. The predicted molar refractivity (Wildman–Crippen MR) is 121 cm³/mol. The number of anilines is 3. The monoisotopic (exact) mass is 442 g/mol. The van der Waals surface area contributed by atoms with Crippen molar-refractivity contribution in [2.75, 3.05) is 43.5 Å². The molecule has 1 aliphatic rings. The average molecular weight is 443 g/mol. The van der Waals surface area contributed by atoms with Gasteiger partial charge in [-0.15, -0.1) is 5.10 Å². The van der Waals surface area contributed by atoms with Crippen LogP contribution < -0.4 is 10.6 Å². The molecule has 0 aliphatic carbocycles. The van der Waals surface area contributed by atoms with Gasteiger partial charge in [0.05, 0.1) is 18.9 Å². The molecule has 0 bridgehead atoms. The number of rotatable bonds is 8. The van der Waals surface area contributed by atoms with Gasteiger partial charge in [0.2, 0.25) is 5.95 Å². The van der Waals surface area contributed by atoms with Crippen molar-refractivity contribution in [1.82, 2.24) is 19.7 Å². The standard InChI is InChI=1S/C23H28F2N6O/c1-3-21-14-32-7-6-30(21)5-4-26-19-8-16(2)9-20(13-19)28-23-27-15-31(29-23)22-11-17(24)10-18(25)12-22/h8-13,15,21,26H,3-7,14H2,1-2H3,(H,28,29). The quantitative estimate of drug-likeness (QED) is 0.547. The van der Waals surface area contributed by atoms with Crippen molar-refractivity contribution in [3.63, 3.8) is 0 Å². The molecule has 1 aliphatic heterocycles. The molecule has 0 amide bonds. The molecule has 4 rings (SSSR count). The van der Waals surface area contributed by atoms with Gasteiger partial charge in [-0.2, -0.15) is 4.98 Å². The smallest absolute Gasteiger partial charge is 0.246 e. The maximum Gasteiger partial charge on any atom is 0.246 e. The van der Waals surface area contributed by atoms with Crippen LogP contribution in [0.15, 0.2) is 42.7 Å². The Balaban J connectivity index is 1.39. The molecule has 2 heterocycles. The second-order valence-electron chi connectivity index (χ2n) is 7.95. The summed E-state index contributed by atoms with van der Waals surface area (Å²) in [5.41, 5.74) is 3.18. The van der Waals surface area contributed by atoms with Crippen molar-refractivity contribution in [2.24, 2.45) is 0 Å². The van der Waals surface area contributed by atoms with Crippen molar-refractivity contribution in [1.29, 1.82) is 0 Å². The van der Waals surface area contributed by atoms with Gasteiger partial charge < -0.3 is 15.4 Å². The second kappa shape index (κ2) is 10.1. The maximum absolute atomic E-state index is 13.5. The molecule has 1 aromatic heterocycles. The average Bonchev–Trinajstić information content (AvgIpc) is 3.21. The van der Waals surface area contributed by atoms with Gasteiger partial charge in [-0.1, -0.05) is 6.92 Å². The van der Waals surface area contributed by atoms with E-state index in [0.29, 0.717) is 12.0 Å². The van der Waals surface area contributed by atoms with Crippen LogP contribution in [0, 0.1) is 18.6 Å². The molecule has 7 nitrogen and oxygen atoms in total. The van der Waals surface area contributed by atoms with Crippen molar-refractivity contribution in [3.8, 4) is 5.69 Å². The van der Waals surface area contributed by atoms with E-state index < -0.39 is 11.6 Å². The Bertz CT molecular complexity index is 1040. The summed E-state index contributed by atoms with van der Waals surface area (Å²) < 4.78 is 33.9. The predicted octanol–water partition coefficient (Wildman–Crippen LogP) is 4.12. The van der Waals surface area contributed by atoms with Crippen LogP contribution in [-0.4, -0.2) is 58.6 Å². The summed E-state index contributed by atoms with van der Waals surface area (Å²) in [5, 5.41) is 10.9. The molecule has 1 atom stereocenters. The molecule has 0 spiro atoms. The van der Waals surface area contributed by atoms with Crippen LogP contribution in [0.2, 0.25) is 0 Å². The van der Waals surface area contributed by atoms with Gasteiger partial charge in [0.1, 0.15) is 18.0 Å². The second-order valence-corrected chi connectivity index (χ2v) is 7.95. The molecule has 1 saturated heterocycles. The molecule has 2 aromatic carbocycles. The van der Waals surface area contributed by atoms with Gasteiger partial charge in [0.15, 0.2) is 0 Å². The fraction of sp³-hybridized carbons (Fsp3) is 0.391. The van der Waals surface area contributed by atoms with E-state index in [4.69, 9.17) is 4.74 Å². The van der Waals surface area contributed by atoms with Gasteiger partial charge in [-0.25, -0.2) is 13.5 Å². The molecular formula is C23H28F2N6O. The van der Waals surface area contributed by atoms with Crippen LogP contribution >= 0.6 is 0 Å². The van der Waals surface area contributed by atoms with Gasteiger partial charge in [0.25, 0.3) is 0 Å². The van der Waals surface area contributed by atoms with E-state index in [1.165, 1.54) is 23.1 Å². The summed E-state index contributed by atoms with van der Waals surface area (Å²) in [6.07, 6.45) is 2.50. The first-order chi connectivity index (χ1) is 15.5. The number of nitrogens with one attached hydrogen (secondary N) is 2. The highest BCUT2D eigenvalue weighted by molar-refractivity contribution is 5.63. The number of aromatic nitrogens is 3. The molecule has 9 heteroatoms. The molecule has 2 N–H and O–H groups in total. The summed E-state index contributed by atoms with van der Waals surface area (Å²) in [7, 11) is 0. The first kappa shape index (κ1) is 22.2. The van der Waals surface area contributed by atoms with E-state index in [-0.39, 0.29) is 5.69 Å². The summed E-state index contributed by atoms with van der Waals surface area (Å²) in [6, 6.07) is 9.77. The summed E-state index contributed by atoms with van der Waals surface area (Å²) in [5.74, 6) is -0.992. The number of halogens is 2. The summed E-state index contributed by atoms with van der Waals surface area (Å²) in [6.45, 7) is 8.55. The highest BCUT2D eigenvalue weighted by atomic mass is 19.1. The van der Waals surface area contributed by atoms with Crippen molar-refractivity contribution in [2.45, 2.75) is 26.3 Å². The maximum atomic E-state index is 13.5. The Morgan fingerprint density at radius 2 is 1.88 bits per heavy atom. The third-order valence-corrected chi connectivity index (χ3v) is 5.49. The Hall–Kier alpha value is -3.04. The highest BCUT2D eigenvalue weighted by Gasteiger charge is 2.20. The lowest BCUT2D eigenvalue weighted by molar-refractivity contribution is -0.00648. The summed E-state index contributed by atoms with van der Waals surface area (Å²) >= 11 is 0. The lowest BCUT2D eigenvalue weighted by Crippen LogP contribution is -2.46. The molecule has 1 unspecified atom stereocenters. The van der Waals surface area contributed by atoms with Gasteiger partial charge in [-0.3, -0.25) is 4.90 Å². The van der Waals surface area contributed by atoms with Gasteiger partial charge in [-0.05, 0) is 49.2 Å². The Morgan fingerprint density at radius 1 is 1.09 bits per heavy atom. The zero-order valence-corrected chi connectivity index (χ0v) is 18.3. The normalized spacial score (nSPS) is 16.8. The topological polar surface area (TPSA) is 67.2 Å². The largest absolute Gasteiger partial charge is 0.384 e. The van der Waals surface area contributed by atoms with Crippen LogP contribution in [0.4, 0.5) is 26.1 Å². The third kappa shape index (κ3) is 5.60. The zero-order chi connectivity index (χ0) is 22.5. The number of ether oxygens (including phenoxy) is 1. The summed E-state index contributed by atoms with van der Waals surface area (Å²) in [4.78, 5) is 6.67. The first-order valence-electron chi connectivity index (χ1n) is 10.8.